The molecule has 0 saturated heterocycles. The molecule has 1 heterocycles. The average molecular weight is 328 g/mol. The van der Waals surface area contributed by atoms with Crippen molar-refractivity contribution in [3.63, 3.8) is 0 Å². The van der Waals surface area contributed by atoms with E-state index in [4.69, 9.17) is 16.3 Å². The summed E-state index contributed by atoms with van der Waals surface area (Å²) >= 11 is 9.19. The van der Waals surface area contributed by atoms with Crippen molar-refractivity contribution in [2.75, 3.05) is 0 Å². The first-order valence-corrected chi connectivity index (χ1v) is 6.69. The molecule has 0 fully saturated rings. The number of rotatable bonds is 3. The van der Waals surface area contributed by atoms with E-state index >= 15 is 0 Å². The molecule has 3 nitrogen and oxygen atoms in total. The molecule has 94 valence electrons. The second-order valence-electron chi connectivity index (χ2n) is 4.11. The molecule has 0 aliphatic heterocycles. The fraction of sp³-hybridized carbons (Fsp3) is 0.231. The lowest BCUT2D eigenvalue weighted by atomic mass is 10.0. The third-order valence-electron chi connectivity index (χ3n) is 2.45. The van der Waals surface area contributed by atoms with E-state index < -0.39 is 0 Å². The Morgan fingerprint density at radius 3 is 2.78 bits per heavy atom. The smallest absolute Gasteiger partial charge is 0.238 e. The van der Waals surface area contributed by atoms with Gasteiger partial charge in [-0.2, -0.15) is 0 Å². The standard InChI is InChI=1S/C13H12BrClN2O/c1-8(2)9-4-3-5-10(6-9)18-13-11(14)12(15)16-7-17-13/h3-8H,1-2H3. The van der Waals surface area contributed by atoms with Gasteiger partial charge in [0.25, 0.3) is 0 Å². The SMILES string of the molecule is CC(C)c1cccc(Oc2ncnc(Cl)c2Br)c1. The van der Waals surface area contributed by atoms with Crippen molar-refractivity contribution in [1.82, 2.24) is 9.97 Å². The van der Waals surface area contributed by atoms with Crippen molar-refractivity contribution in [1.29, 1.82) is 0 Å². The molecule has 1 aromatic heterocycles. The summed E-state index contributed by atoms with van der Waals surface area (Å²) in [6.07, 6.45) is 1.37. The predicted molar refractivity (Wildman–Crippen MR) is 75.3 cm³/mol. The van der Waals surface area contributed by atoms with E-state index in [-0.39, 0.29) is 0 Å². The van der Waals surface area contributed by atoms with Gasteiger partial charge in [0.2, 0.25) is 5.88 Å². The van der Waals surface area contributed by atoms with Gasteiger partial charge in [0.1, 0.15) is 16.5 Å². The highest BCUT2D eigenvalue weighted by molar-refractivity contribution is 9.10. The largest absolute Gasteiger partial charge is 0.438 e. The van der Waals surface area contributed by atoms with Crippen molar-refractivity contribution < 1.29 is 4.74 Å². The molecule has 0 radical (unpaired) electrons. The Morgan fingerprint density at radius 1 is 1.28 bits per heavy atom. The zero-order valence-corrected chi connectivity index (χ0v) is 12.4. The van der Waals surface area contributed by atoms with Crippen LogP contribution in [0.5, 0.6) is 11.6 Å². The second kappa shape index (κ2) is 5.67. The van der Waals surface area contributed by atoms with Gasteiger partial charge in [0, 0.05) is 0 Å². The summed E-state index contributed by atoms with van der Waals surface area (Å²) in [7, 11) is 0. The summed E-state index contributed by atoms with van der Waals surface area (Å²) in [4.78, 5) is 7.90. The molecule has 0 atom stereocenters. The van der Waals surface area contributed by atoms with E-state index in [1.54, 1.807) is 0 Å². The van der Waals surface area contributed by atoms with Crippen LogP contribution in [-0.4, -0.2) is 9.97 Å². The minimum absolute atomic E-state index is 0.333. The Bertz CT molecular complexity index is 560. The van der Waals surface area contributed by atoms with Gasteiger partial charge in [-0.1, -0.05) is 37.6 Å². The molecule has 5 heteroatoms. The Labute approximate surface area is 119 Å². The van der Waals surface area contributed by atoms with E-state index in [2.05, 4.69) is 45.8 Å². The van der Waals surface area contributed by atoms with Crippen molar-refractivity contribution in [2.24, 2.45) is 0 Å². The molecule has 0 aliphatic carbocycles. The van der Waals surface area contributed by atoms with Gasteiger partial charge in [-0.25, -0.2) is 9.97 Å². The van der Waals surface area contributed by atoms with Gasteiger partial charge in [0.05, 0.1) is 0 Å². The van der Waals surface area contributed by atoms with Crippen LogP contribution in [0.3, 0.4) is 0 Å². The van der Waals surface area contributed by atoms with Crippen LogP contribution in [-0.2, 0) is 0 Å². The zero-order chi connectivity index (χ0) is 13.1. The Hall–Kier alpha value is -1.13. The molecule has 18 heavy (non-hydrogen) atoms. The Morgan fingerprint density at radius 2 is 2.06 bits per heavy atom. The van der Waals surface area contributed by atoms with E-state index in [9.17, 15) is 0 Å². The second-order valence-corrected chi connectivity index (χ2v) is 5.26. The van der Waals surface area contributed by atoms with Crippen molar-refractivity contribution in [2.45, 2.75) is 19.8 Å². The summed E-state index contributed by atoms with van der Waals surface area (Å²) in [5.41, 5.74) is 1.21. The molecule has 0 saturated carbocycles. The number of hydrogen-bond acceptors (Lipinski definition) is 3. The molecule has 2 aromatic rings. The van der Waals surface area contributed by atoms with E-state index in [1.807, 2.05) is 18.2 Å². The lowest BCUT2D eigenvalue weighted by Gasteiger charge is -2.10. The molecular weight excluding hydrogens is 316 g/mol. The van der Waals surface area contributed by atoms with Crippen LogP contribution in [0, 0.1) is 0 Å². The Balaban J connectivity index is 2.28. The van der Waals surface area contributed by atoms with Crippen LogP contribution < -0.4 is 4.74 Å². The normalized spacial score (nSPS) is 10.7. The van der Waals surface area contributed by atoms with Crippen LogP contribution in [0.15, 0.2) is 35.1 Å². The van der Waals surface area contributed by atoms with Crippen molar-refractivity contribution >= 4 is 27.5 Å². The first-order chi connectivity index (χ1) is 8.58. The molecule has 0 amide bonds. The maximum atomic E-state index is 5.88. The van der Waals surface area contributed by atoms with Crippen molar-refractivity contribution in [3.8, 4) is 11.6 Å². The number of halogens is 2. The summed E-state index contributed by atoms with van der Waals surface area (Å²) in [5.74, 6) is 1.60. The number of aromatic nitrogens is 2. The summed E-state index contributed by atoms with van der Waals surface area (Å²) in [5, 5.41) is 0.333. The molecule has 0 aliphatic rings. The van der Waals surface area contributed by atoms with Crippen LogP contribution in [0.25, 0.3) is 0 Å². The lowest BCUT2D eigenvalue weighted by Crippen LogP contribution is -1.93. The third-order valence-corrected chi connectivity index (χ3v) is 3.68. The number of hydrogen-bond donors (Lipinski definition) is 0. The maximum Gasteiger partial charge on any atom is 0.238 e. The lowest BCUT2D eigenvalue weighted by molar-refractivity contribution is 0.457. The first kappa shape index (κ1) is 13.3. The molecule has 1 aromatic carbocycles. The van der Waals surface area contributed by atoms with Gasteiger partial charge in [-0.15, -0.1) is 0 Å². The molecule has 0 bridgehead atoms. The van der Waals surface area contributed by atoms with E-state index in [0.717, 1.165) is 5.75 Å². The first-order valence-electron chi connectivity index (χ1n) is 5.51. The third kappa shape index (κ3) is 3.00. The van der Waals surface area contributed by atoms with Crippen molar-refractivity contribution in [3.05, 3.63) is 45.8 Å². The zero-order valence-electron chi connectivity index (χ0n) is 10.0. The predicted octanol–water partition coefficient (Wildman–Crippen LogP) is 4.81. The fourth-order valence-electron chi connectivity index (χ4n) is 1.45. The van der Waals surface area contributed by atoms with Gasteiger partial charge in [-0.3, -0.25) is 0 Å². The van der Waals surface area contributed by atoms with Crippen LogP contribution in [0.1, 0.15) is 25.3 Å². The van der Waals surface area contributed by atoms with Gasteiger partial charge in [-0.05, 0) is 39.5 Å². The van der Waals surface area contributed by atoms with E-state index in [0.29, 0.717) is 21.4 Å². The van der Waals surface area contributed by atoms with E-state index in [1.165, 1.54) is 11.9 Å². The maximum absolute atomic E-state index is 5.88. The average Bonchev–Trinajstić information content (AvgIpc) is 2.35. The molecular formula is C13H12BrClN2O. The van der Waals surface area contributed by atoms with Gasteiger partial charge in [0.15, 0.2) is 5.15 Å². The monoisotopic (exact) mass is 326 g/mol. The number of nitrogens with zero attached hydrogens (tertiary/aromatic N) is 2. The minimum Gasteiger partial charge on any atom is -0.438 e. The van der Waals surface area contributed by atoms with Crippen LogP contribution >= 0.6 is 27.5 Å². The topological polar surface area (TPSA) is 35.0 Å². The number of benzene rings is 1. The quantitative estimate of drug-likeness (QED) is 0.759. The summed E-state index contributed by atoms with van der Waals surface area (Å²) in [6.45, 7) is 4.27. The summed E-state index contributed by atoms with van der Waals surface area (Å²) in [6, 6.07) is 7.91. The molecule has 0 unspecified atom stereocenters. The Kier molecular flexibility index (Phi) is 4.19. The highest BCUT2D eigenvalue weighted by atomic mass is 79.9. The highest BCUT2D eigenvalue weighted by Gasteiger charge is 2.09. The molecule has 0 spiro atoms. The van der Waals surface area contributed by atoms with Crippen LogP contribution in [0.4, 0.5) is 0 Å². The summed E-state index contributed by atoms with van der Waals surface area (Å²) < 4.78 is 6.26. The fourth-order valence-corrected chi connectivity index (χ4v) is 1.86. The molecule has 2 rings (SSSR count). The molecule has 0 N–H and O–H groups in total. The van der Waals surface area contributed by atoms with Gasteiger partial charge < -0.3 is 4.74 Å². The number of ether oxygens (including phenoxy) is 1. The van der Waals surface area contributed by atoms with Gasteiger partial charge >= 0.3 is 0 Å². The minimum atomic E-state index is 0.333. The highest BCUT2D eigenvalue weighted by Crippen LogP contribution is 2.32. The van der Waals surface area contributed by atoms with Crippen LogP contribution in [0.2, 0.25) is 5.15 Å².